The second-order valence-corrected chi connectivity index (χ2v) is 6.49. The number of nitrogens with zero attached hydrogens (tertiary/aromatic N) is 2. The van der Waals surface area contributed by atoms with E-state index in [1.807, 2.05) is 18.7 Å². The minimum atomic E-state index is -0.890. The van der Waals surface area contributed by atoms with Crippen LogP contribution in [0.25, 0.3) is 0 Å². The van der Waals surface area contributed by atoms with Gasteiger partial charge in [0.25, 0.3) is 0 Å². The Morgan fingerprint density at radius 2 is 1.81 bits per heavy atom. The van der Waals surface area contributed by atoms with Crippen LogP contribution >= 0.6 is 0 Å². The summed E-state index contributed by atoms with van der Waals surface area (Å²) < 4.78 is 0. The molecule has 5 heteroatoms. The molecule has 120 valence electrons. The van der Waals surface area contributed by atoms with Crippen molar-refractivity contribution in [1.29, 1.82) is 0 Å². The number of rotatable bonds is 5. The average Bonchev–Trinajstić information content (AvgIpc) is 2.81. The van der Waals surface area contributed by atoms with Crippen LogP contribution in [-0.4, -0.2) is 59.0 Å². The molecule has 2 aliphatic rings. The van der Waals surface area contributed by atoms with Gasteiger partial charge in [-0.25, -0.2) is 0 Å². The van der Waals surface area contributed by atoms with Crippen LogP contribution in [0, 0.1) is 5.41 Å². The molecule has 1 unspecified atom stereocenters. The van der Waals surface area contributed by atoms with E-state index >= 15 is 0 Å². The Bertz CT molecular complexity index is 393. The van der Waals surface area contributed by atoms with Crippen molar-refractivity contribution in [2.75, 3.05) is 26.2 Å². The summed E-state index contributed by atoms with van der Waals surface area (Å²) >= 11 is 0. The van der Waals surface area contributed by atoms with Gasteiger partial charge in [-0.15, -0.1) is 0 Å². The van der Waals surface area contributed by atoms with Crippen LogP contribution in [0.1, 0.15) is 52.4 Å². The third-order valence-corrected chi connectivity index (χ3v) is 5.45. The number of carboxylic acids is 1. The predicted octanol–water partition coefficient (Wildman–Crippen LogP) is 1.96. The molecule has 1 N–H and O–H groups in total. The summed E-state index contributed by atoms with van der Waals surface area (Å²) in [6, 6.07) is 0.485. The van der Waals surface area contributed by atoms with Crippen LogP contribution in [0.2, 0.25) is 0 Å². The standard InChI is InChI=1S/C16H28N2O3/c1-3-16(4-2,15(20)21)11-14(19)18-10-6-9-17-8-5-7-13(17)12-18/h13H,3-12H2,1-2H3,(H,20,21). The zero-order valence-corrected chi connectivity index (χ0v) is 13.3. The number of carbonyl (C=O) groups excluding carboxylic acids is 1. The number of carbonyl (C=O) groups is 2. The van der Waals surface area contributed by atoms with Crippen LogP contribution in [0.15, 0.2) is 0 Å². The lowest BCUT2D eigenvalue weighted by atomic mass is 9.79. The van der Waals surface area contributed by atoms with E-state index in [1.54, 1.807) is 0 Å². The zero-order valence-electron chi connectivity index (χ0n) is 13.3. The quantitative estimate of drug-likeness (QED) is 0.842. The van der Waals surface area contributed by atoms with E-state index in [0.717, 1.165) is 39.0 Å². The summed E-state index contributed by atoms with van der Waals surface area (Å²) in [5.41, 5.74) is -0.890. The highest BCUT2D eigenvalue weighted by Crippen LogP contribution is 2.32. The maximum atomic E-state index is 12.6. The molecule has 0 saturated carbocycles. The highest BCUT2D eigenvalue weighted by atomic mass is 16.4. The van der Waals surface area contributed by atoms with Gasteiger partial charge < -0.3 is 10.0 Å². The maximum Gasteiger partial charge on any atom is 0.310 e. The molecule has 1 atom stereocenters. The molecular formula is C16H28N2O3. The monoisotopic (exact) mass is 296 g/mol. The van der Waals surface area contributed by atoms with E-state index in [-0.39, 0.29) is 12.3 Å². The number of hydrogen-bond donors (Lipinski definition) is 1. The third-order valence-electron chi connectivity index (χ3n) is 5.45. The maximum absolute atomic E-state index is 12.6. The van der Waals surface area contributed by atoms with Crippen LogP contribution in [-0.2, 0) is 9.59 Å². The fraction of sp³-hybridized carbons (Fsp3) is 0.875. The summed E-state index contributed by atoms with van der Waals surface area (Å²) in [4.78, 5) is 28.6. The molecule has 0 radical (unpaired) electrons. The summed E-state index contributed by atoms with van der Waals surface area (Å²) in [6.45, 7) is 7.50. The zero-order chi connectivity index (χ0) is 15.5. The first-order valence-corrected chi connectivity index (χ1v) is 8.27. The number of aliphatic carboxylic acids is 1. The minimum Gasteiger partial charge on any atom is -0.481 e. The lowest BCUT2D eigenvalue weighted by Crippen LogP contribution is -2.43. The molecule has 2 rings (SSSR count). The van der Waals surface area contributed by atoms with Gasteiger partial charge in [0.2, 0.25) is 5.91 Å². The van der Waals surface area contributed by atoms with Crippen LogP contribution in [0.3, 0.4) is 0 Å². The molecule has 0 aromatic heterocycles. The number of fused-ring (bicyclic) bond motifs is 1. The molecular weight excluding hydrogens is 268 g/mol. The van der Waals surface area contributed by atoms with Crippen molar-refractivity contribution in [1.82, 2.24) is 9.80 Å². The van der Waals surface area contributed by atoms with Gasteiger partial charge in [0.1, 0.15) is 0 Å². The smallest absolute Gasteiger partial charge is 0.310 e. The Balaban J connectivity index is 2.03. The Labute approximate surface area is 127 Å². The molecule has 0 aromatic carbocycles. The van der Waals surface area contributed by atoms with Gasteiger partial charge in [0, 0.05) is 32.1 Å². The van der Waals surface area contributed by atoms with Gasteiger partial charge in [-0.05, 0) is 38.6 Å². The van der Waals surface area contributed by atoms with Gasteiger partial charge in [-0.2, -0.15) is 0 Å². The first-order chi connectivity index (χ1) is 10.0. The Hall–Kier alpha value is -1.10. The molecule has 0 aromatic rings. The van der Waals surface area contributed by atoms with E-state index in [0.29, 0.717) is 18.9 Å². The number of amides is 1. The normalized spacial score (nSPS) is 23.7. The fourth-order valence-electron chi connectivity index (χ4n) is 3.71. The SMILES string of the molecule is CCC(CC)(CC(=O)N1CCCN2CCCC2C1)C(=O)O. The van der Waals surface area contributed by atoms with Crippen LogP contribution in [0.5, 0.6) is 0 Å². The van der Waals surface area contributed by atoms with Crippen molar-refractivity contribution < 1.29 is 14.7 Å². The molecule has 2 heterocycles. The first-order valence-electron chi connectivity index (χ1n) is 8.27. The molecule has 0 bridgehead atoms. The number of carboxylic acid groups (broad SMARTS) is 1. The first kappa shape index (κ1) is 16.3. The second kappa shape index (κ2) is 6.77. The second-order valence-electron chi connectivity index (χ2n) is 6.49. The van der Waals surface area contributed by atoms with Crippen molar-refractivity contribution in [3.8, 4) is 0 Å². The fourth-order valence-corrected chi connectivity index (χ4v) is 3.71. The third kappa shape index (κ3) is 3.39. The molecule has 2 fully saturated rings. The summed E-state index contributed by atoms with van der Waals surface area (Å²) in [5, 5.41) is 9.50. The largest absolute Gasteiger partial charge is 0.481 e. The van der Waals surface area contributed by atoms with E-state index in [4.69, 9.17) is 0 Å². The van der Waals surface area contributed by atoms with Gasteiger partial charge in [0.15, 0.2) is 0 Å². The predicted molar refractivity (Wildman–Crippen MR) is 81.1 cm³/mol. The van der Waals surface area contributed by atoms with Crippen molar-refractivity contribution in [2.45, 2.75) is 58.4 Å². The lowest BCUT2D eigenvalue weighted by Gasteiger charge is -2.31. The molecule has 0 spiro atoms. The lowest BCUT2D eigenvalue weighted by molar-refractivity contribution is -0.154. The van der Waals surface area contributed by atoms with Crippen molar-refractivity contribution in [3.05, 3.63) is 0 Å². The highest BCUT2D eigenvalue weighted by Gasteiger charge is 2.39. The van der Waals surface area contributed by atoms with Crippen molar-refractivity contribution in [3.63, 3.8) is 0 Å². The van der Waals surface area contributed by atoms with Crippen molar-refractivity contribution >= 4 is 11.9 Å². The summed E-state index contributed by atoms with van der Waals surface area (Å²) in [5.74, 6) is -0.812. The van der Waals surface area contributed by atoms with Gasteiger partial charge in [-0.3, -0.25) is 14.5 Å². The molecule has 5 nitrogen and oxygen atoms in total. The Morgan fingerprint density at radius 3 is 2.43 bits per heavy atom. The van der Waals surface area contributed by atoms with Gasteiger partial charge >= 0.3 is 5.97 Å². The summed E-state index contributed by atoms with van der Waals surface area (Å²) in [7, 11) is 0. The minimum absolute atomic E-state index is 0.0230. The van der Waals surface area contributed by atoms with Gasteiger partial charge in [0.05, 0.1) is 5.41 Å². The average molecular weight is 296 g/mol. The van der Waals surface area contributed by atoms with Crippen LogP contribution in [0.4, 0.5) is 0 Å². The molecule has 21 heavy (non-hydrogen) atoms. The molecule has 2 aliphatic heterocycles. The molecule has 1 amide bonds. The Morgan fingerprint density at radius 1 is 1.14 bits per heavy atom. The molecule has 0 aliphatic carbocycles. The molecule has 2 saturated heterocycles. The van der Waals surface area contributed by atoms with Crippen LogP contribution < -0.4 is 0 Å². The number of hydrogen-bond acceptors (Lipinski definition) is 3. The van der Waals surface area contributed by atoms with Gasteiger partial charge in [-0.1, -0.05) is 13.8 Å². The topological polar surface area (TPSA) is 60.9 Å². The van der Waals surface area contributed by atoms with Crippen molar-refractivity contribution in [2.24, 2.45) is 5.41 Å². The van der Waals surface area contributed by atoms with E-state index in [9.17, 15) is 14.7 Å². The van der Waals surface area contributed by atoms with E-state index in [1.165, 1.54) is 6.42 Å². The van der Waals surface area contributed by atoms with E-state index < -0.39 is 11.4 Å². The van der Waals surface area contributed by atoms with E-state index in [2.05, 4.69) is 4.90 Å². The summed E-state index contributed by atoms with van der Waals surface area (Å²) in [6.07, 6.45) is 4.54. The Kier molecular flexibility index (Phi) is 5.25. The highest BCUT2D eigenvalue weighted by molar-refractivity contribution is 5.85.